The van der Waals surface area contributed by atoms with Crippen LogP contribution in [0.1, 0.15) is 24.5 Å². The molecule has 2 aromatic rings. The highest BCUT2D eigenvalue weighted by molar-refractivity contribution is 5.87. The number of nitrogens with one attached hydrogen (secondary N) is 3. The molecule has 1 aliphatic heterocycles. The van der Waals surface area contributed by atoms with Crippen LogP contribution in [-0.4, -0.2) is 54.6 Å². The zero-order valence-corrected chi connectivity index (χ0v) is 19.0. The maximum atomic E-state index is 12.0. The molecule has 1 unspecified atom stereocenters. The second-order valence-corrected chi connectivity index (χ2v) is 7.67. The summed E-state index contributed by atoms with van der Waals surface area (Å²) in [4.78, 5) is 27.7. The standard InChI is InChI=1S/C24H29N5O5/c1-17(28-29-23-25-11-12-26-23)14-19-8-5-9-20(15-19)33-13-10-21(22(30)31)27-24(32)34-16-18-6-3-2-4-7-18/h2-9,15,21H,10-14,16H2,1H3,(H,27,32)(H,30,31)(H2,25,26,29)/b28-17+. The van der Waals surface area contributed by atoms with Crippen LogP contribution in [0, 0.1) is 0 Å². The van der Waals surface area contributed by atoms with Crippen LogP contribution in [0.2, 0.25) is 0 Å². The van der Waals surface area contributed by atoms with Gasteiger partial charge in [0.1, 0.15) is 18.4 Å². The van der Waals surface area contributed by atoms with Gasteiger partial charge in [0, 0.05) is 25.1 Å². The third-order valence-electron chi connectivity index (χ3n) is 4.86. The van der Waals surface area contributed by atoms with Gasteiger partial charge in [0.05, 0.1) is 13.2 Å². The fraction of sp³-hybridized carbons (Fsp3) is 0.333. The Hall–Kier alpha value is -4.08. The Labute approximate surface area is 198 Å². The molecule has 0 bridgehead atoms. The van der Waals surface area contributed by atoms with Crippen LogP contribution >= 0.6 is 0 Å². The molecule has 4 N–H and O–H groups in total. The minimum absolute atomic E-state index is 0.0607. The summed E-state index contributed by atoms with van der Waals surface area (Å²) in [7, 11) is 0. The third kappa shape index (κ3) is 8.45. The molecule has 2 aromatic carbocycles. The summed E-state index contributed by atoms with van der Waals surface area (Å²) in [6.45, 7) is 3.63. The Morgan fingerprint density at radius 3 is 2.71 bits per heavy atom. The zero-order chi connectivity index (χ0) is 24.2. The average molecular weight is 468 g/mol. The Morgan fingerprint density at radius 1 is 1.18 bits per heavy atom. The van der Waals surface area contributed by atoms with Gasteiger partial charge >= 0.3 is 12.1 Å². The maximum Gasteiger partial charge on any atom is 0.408 e. The summed E-state index contributed by atoms with van der Waals surface area (Å²) in [5.74, 6) is 0.118. The van der Waals surface area contributed by atoms with E-state index in [2.05, 4.69) is 26.2 Å². The molecular weight excluding hydrogens is 438 g/mol. The lowest BCUT2D eigenvalue weighted by Crippen LogP contribution is -2.42. The van der Waals surface area contributed by atoms with Crippen molar-refractivity contribution in [2.45, 2.75) is 32.4 Å². The van der Waals surface area contributed by atoms with E-state index in [1.54, 1.807) is 6.07 Å². The number of rotatable bonds is 11. The van der Waals surface area contributed by atoms with Gasteiger partial charge in [0.15, 0.2) is 0 Å². The van der Waals surface area contributed by atoms with E-state index in [1.165, 1.54) is 0 Å². The number of hydrogen-bond acceptors (Lipinski definition) is 8. The van der Waals surface area contributed by atoms with Gasteiger partial charge in [-0.25, -0.2) is 20.0 Å². The number of nitrogens with zero attached hydrogens (tertiary/aromatic N) is 2. The van der Waals surface area contributed by atoms with Crippen molar-refractivity contribution in [1.29, 1.82) is 0 Å². The molecule has 0 fully saturated rings. The normalized spacial score (nSPS) is 13.9. The van der Waals surface area contributed by atoms with Crippen molar-refractivity contribution in [3.8, 4) is 5.75 Å². The first-order valence-corrected chi connectivity index (χ1v) is 11.0. The van der Waals surface area contributed by atoms with Gasteiger partial charge in [-0.05, 0) is 30.2 Å². The highest BCUT2D eigenvalue weighted by Crippen LogP contribution is 2.15. The molecule has 180 valence electrons. The van der Waals surface area contributed by atoms with Crippen molar-refractivity contribution < 1.29 is 24.2 Å². The van der Waals surface area contributed by atoms with Crippen LogP contribution < -0.4 is 20.8 Å². The molecule has 1 amide bonds. The predicted molar refractivity (Wildman–Crippen MR) is 128 cm³/mol. The van der Waals surface area contributed by atoms with E-state index < -0.39 is 18.1 Å². The molecule has 10 nitrogen and oxygen atoms in total. The van der Waals surface area contributed by atoms with Gasteiger partial charge in [0.25, 0.3) is 0 Å². The summed E-state index contributed by atoms with van der Waals surface area (Å²) in [5.41, 5.74) is 5.59. The van der Waals surface area contributed by atoms with Crippen molar-refractivity contribution in [2.75, 3.05) is 19.7 Å². The number of amides is 1. The van der Waals surface area contributed by atoms with Crippen LogP contribution in [0.25, 0.3) is 0 Å². The molecule has 1 heterocycles. The zero-order valence-electron chi connectivity index (χ0n) is 19.0. The number of carboxylic acids is 1. The van der Waals surface area contributed by atoms with Gasteiger partial charge in [-0.15, -0.1) is 0 Å². The molecule has 0 spiro atoms. The number of guanidine groups is 1. The largest absolute Gasteiger partial charge is 0.493 e. The molecule has 0 aromatic heterocycles. The van der Waals surface area contributed by atoms with E-state index in [0.717, 1.165) is 29.9 Å². The lowest BCUT2D eigenvalue weighted by atomic mass is 10.1. The lowest BCUT2D eigenvalue weighted by molar-refractivity contribution is -0.139. The van der Waals surface area contributed by atoms with Crippen LogP contribution in [0.15, 0.2) is 64.7 Å². The molecule has 3 rings (SSSR count). The second kappa shape index (κ2) is 12.8. The number of aliphatic imine (C=N–C) groups is 1. The minimum Gasteiger partial charge on any atom is -0.493 e. The fourth-order valence-corrected chi connectivity index (χ4v) is 3.16. The van der Waals surface area contributed by atoms with Crippen LogP contribution in [0.5, 0.6) is 5.75 Å². The van der Waals surface area contributed by atoms with Gasteiger partial charge < -0.3 is 25.2 Å². The van der Waals surface area contributed by atoms with E-state index in [4.69, 9.17) is 9.47 Å². The van der Waals surface area contributed by atoms with E-state index in [0.29, 0.717) is 18.1 Å². The van der Waals surface area contributed by atoms with Gasteiger partial charge in [-0.3, -0.25) is 0 Å². The smallest absolute Gasteiger partial charge is 0.408 e. The van der Waals surface area contributed by atoms with Crippen LogP contribution in [-0.2, 0) is 22.6 Å². The van der Waals surface area contributed by atoms with Crippen LogP contribution in [0.3, 0.4) is 0 Å². The average Bonchev–Trinajstić information content (AvgIpc) is 3.35. The first-order chi connectivity index (χ1) is 16.5. The first kappa shape index (κ1) is 24.6. The predicted octanol–water partition coefficient (Wildman–Crippen LogP) is 2.30. The molecule has 10 heteroatoms. The summed E-state index contributed by atoms with van der Waals surface area (Å²) < 4.78 is 10.8. The van der Waals surface area contributed by atoms with Crippen molar-refractivity contribution in [3.63, 3.8) is 0 Å². The SMILES string of the molecule is C/C(Cc1cccc(OCCC(NC(=O)OCc2ccccc2)C(=O)O)c1)=N\NC1=NCCN1. The Kier molecular flexibility index (Phi) is 9.27. The number of benzene rings is 2. The Morgan fingerprint density at radius 2 is 1.97 bits per heavy atom. The van der Waals surface area contributed by atoms with Crippen molar-refractivity contribution in [1.82, 2.24) is 16.1 Å². The monoisotopic (exact) mass is 467 g/mol. The number of aliphatic carboxylic acids is 1. The van der Waals surface area contributed by atoms with Crippen molar-refractivity contribution >= 4 is 23.7 Å². The van der Waals surface area contributed by atoms with Crippen molar-refractivity contribution in [2.24, 2.45) is 10.1 Å². The van der Waals surface area contributed by atoms with Gasteiger partial charge in [-0.2, -0.15) is 5.10 Å². The van der Waals surface area contributed by atoms with E-state index in [9.17, 15) is 14.7 Å². The molecule has 0 saturated heterocycles. The number of carboxylic acid groups (broad SMARTS) is 1. The molecule has 34 heavy (non-hydrogen) atoms. The quantitative estimate of drug-likeness (QED) is 0.294. The van der Waals surface area contributed by atoms with Crippen LogP contribution in [0.4, 0.5) is 4.79 Å². The first-order valence-electron chi connectivity index (χ1n) is 11.0. The molecule has 1 aliphatic rings. The number of hydrazone groups is 1. The minimum atomic E-state index is -1.16. The Bertz CT molecular complexity index is 1030. The summed E-state index contributed by atoms with van der Waals surface area (Å²) in [5, 5.41) is 19.2. The van der Waals surface area contributed by atoms with E-state index in [-0.39, 0.29) is 19.6 Å². The van der Waals surface area contributed by atoms with E-state index >= 15 is 0 Å². The highest BCUT2D eigenvalue weighted by Gasteiger charge is 2.20. The molecular formula is C24H29N5O5. The number of carbonyl (C=O) groups is 2. The number of alkyl carbamates (subject to hydrolysis) is 1. The molecule has 0 saturated carbocycles. The lowest BCUT2D eigenvalue weighted by Gasteiger charge is -2.15. The molecule has 0 radical (unpaired) electrons. The fourth-order valence-electron chi connectivity index (χ4n) is 3.16. The summed E-state index contributed by atoms with van der Waals surface area (Å²) in [6.07, 6.45) is -0.0933. The number of ether oxygens (including phenoxy) is 2. The second-order valence-electron chi connectivity index (χ2n) is 7.67. The maximum absolute atomic E-state index is 12.0. The highest BCUT2D eigenvalue weighted by atomic mass is 16.5. The summed E-state index contributed by atoms with van der Waals surface area (Å²) in [6, 6.07) is 15.5. The Balaban J connectivity index is 1.43. The number of carbonyl (C=O) groups excluding carboxylic acids is 1. The number of hydrogen-bond donors (Lipinski definition) is 4. The van der Waals surface area contributed by atoms with Gasteiger partial charge in [-0.1, -0.05) is 42.5 Å². The summed E-state index contributed by atoms with van der Waals surface area (Å²) >= 11 is 0. The third-order valence-corrected chi connectivity index (χ3v) is 4.86. The van der Waals surface area contributed by atoms with E-state index in [1.807, 2.05) is 55.5 Å². The molecule has 1 atom stereocenters. The van der Waals surface area contributed by atoms with Gasteiger partial charge in [0.2, 0.25) is 5.96 Å². The van der Waals surface area contributed by atoms with Crippen molar-refractivity contribution in [3.05, 3.63) is 65.7 Å². The molecule has 0 aliphatic carbocycles. The topological polar surface area (TPSA) is 134 Å².